The molecule has 0 bridgehead atoms. The Bertz CT molecular complexity index is 45.0. The van der Waals surface area contributed by atoms with E-state index in [9.17, 15) is 0 Å². The Labute approximate surface area is 70.9 Å². The van der Waals surface area contributed by atoms with Gasteiger partial charge in [0, 0.05) is 0 Å². The minimum atomic E-state index is 0. The number of hydrogen-bond acceptors (Lipinski definition) is 0. The van der Waals surface area contributed by atoms with E-state index in [2.05, 4.69) is 13.8 Å². The van der Waals surface area contributed by atoms with Crippen LogP contribution in [0.2, 0.25) is 0 Å². The second kappa shape index (κ2) is 25.0. The van der Waals surface area contributed by atoms with Crippen molar-refractivity contribution < 1.29 is 18.6 Å². The minimum Gasteiger partial charge on any atom is -0.245 e. The molecule has 0 nitrogen and oxygen atoms in total. The van der Waals surface area contributed by atoms with Gasteiger partial charge in [-0.2, -0.15) is 0 Å². The van der Waals surface area contributed by atoms with Crippen LogP contribution in [0.4, 0.5) is 0 Å². The zero-order valence-corrected chi connectivity index (χ0v) is 7.57. The Hall–Kier alpha value is -0.196. The Morgan fingerprint density at radius 2 is 1.00 bits per heavy atom. The van der Waals surface area contributed by atoms with Crippen LogP contribution in [0.1, 0.15) is 13.8 Å². The Kier molecular flexibility index (Phi) is 44.2. The van der Waals surface area contributed by atoms with Crippen LogP contribution in [-0.4, -0.2) is 0 Å². The molecule has 1 heteroatoms. The van der Waals surface area contributed by atoms with E-state index in [1.807, 2.05) is 26.0 Å². The fourth-order valence-corrected chi connectivity index (χ4v) is 0. The monoisotopic (exact) mass is 161 g/mol. The molecule has 0 aliphatic heterocycles. The van der Waals surface area contributed by atoms with Crippen molar-refractivity contribution in [3.05, 3.63) is 38.2 Å². The molecule has 0 aromatic carbocycles. The van der Waals surface area contributed by atoms with Gasteiger partial charge in [0.2, 0.25) is 0 Å². The number of hydrogen-bond donors (Lipinski definition) is 0. The van der Waals surface area contributed by atoms with Crippen molar-refractivity contribution in [2.24, 2.45) is 0 Å². The third kappa shape index (κ3) is 80.8. The van der Waals surface area contributed by atoms with Gasteiger partial charge < -0.3 is 0 Å². The molecule has 0 heterocycles. The van der Waals surface area contributed by atoms with E-state index >= 15 is 0 Å². The SMILES string of the molecule is [CH2-]/C=C\C.[CH2-]/C=C\C.[V+2]. The zero-order chi connectivity index (χ0) is 6.83. The summed E-state index contributed by atoms with van der Waals surface area (Å²) in [6.45, 7) is 10.7. The fraction of sp³-hybridized carbons (Fsp3) is 0.250. The standard InChI is InChI=1S/2C4H7.V/c2*1-3-4-2;/h2*3-4H,1H2,2H3;/q2*-1;+2/b2*4-3-;. The summed E-state index contributed by atoms with van der Waals surface area (Å²) < 4.78 is 0. The first kappa shape index (κ1) is 15.9. The topological polar surface area (TPSA) is 0 Å². The van der Waals surface area contributed by atoms with Gasteiger partial charge in [0.15, 0.2) is 0 Å². The molecule has 0 saturated carbocycles. The molecule has 0 spiro atoms. The summed E-state index contributed by atoms with van der Waals surface area (Å²) in [5.41, 5.74) is 0. The van der Waals surface area contributed by atoms with Crippen LogP contribution in [0, 0.1) is 13.8 Å². The molecular formula is C8H14V. The summed E-state index contributed by atoms with van der Waals surface area (Å²) in [6, 6.07) is 0. The molecule has 0 aliphatic carbocycles. The largest absolute Gasteiger partial charge is 2.00 e. The Balaban J connectivity index is -0.0000000720. The average Bonchev–Trinajstić information content (AvgIpc) is 1.88. The molecule has 0 rings (SSSR count). The summed E-state index contributed by atoms with van der Waals surface area (Å²) in [6.07, 6.45) is 7.28. The minimum absolute atomic E-state index is 0. The van der Waals surface area contributed by atoms with Crippen molar-refractivity contribution in [2.75, 3.05) is 0 Å². The van der Waals surface area contributed by atoms with Crippen molar-refractivity contribution in [1.29, 1.82) is 0 Å². The maximum absolute atomic E-state index is 3.42. The van der Waals surface area contributed by atoms with E-state index in [1.54, 1.807) is 12.2 Å². The first-order valence-corrected chi connectivity index (χ1v) is 2.64. The van der Waals surface area contributed by atoms with E-state index in [4.69, 9.17) is 0 Å². The van der Waals surface area contributed by atoms with E-state index in [0.717, 1.165) is 0 Å². The molecule has 9 heavy (non-hydrogen) atoms. The third-order valence-electron chi connectivity index (χ3n) is 0.471. The molecule has 0 fully saturated rings. The van der Waals surface area contributed by atoms with Gasteiger partial charge >= 0.3 is 18.6 Å². The average molecular weight is 161 g/mol. The molecule has 0 N–H and O–H groups in total. The molecule has 1 radical (unpaired) electrons. The van der Waals surface area contributed by atoms with E-state index in [1.165, 1.54) is 0 Å². The Morgan fingerprint density at radius 3 is 1.00 bits per heavy atom. The van der Waals surface area contributed by atoms with Gasteiger partial charge in [0.25, 0.3) is 0 Å². The van der Waals surface area contributed by atoms with Crippen LogP contribution in [0.3, 0.4) is 0 Å². The molecule has 0 aliphatic rings. The predicted molar refractivity (Wildman–Crippen MR) is 40.3 cm³/mol. The molecule has 0 saturated heterocycles. The van der Waals surface area contributed by atoms with Gasteiger partial charge in [-0.05, 0) is 0 Å². The maximum Gasteiger partial charge on any atom is 2.00 e. The van der Waals surface area contributed by atoms with Gasteiger partial charge in [0.1, 0.15) is 0 Å². The summed E-state index contributed by atoms with van der Waals surface area (Å²) in [5, 5.41) is 0. The molecule has 0 atom stereocenters. The quantitative estimate of drug-likeness (QED) is 0.479. The van der Waals surface area contributed by atoms with Crippen LogP contribution in [-0.2, 0) is 18.6 Å². The van der Waals surface area contributed by atoms with Gasteiger partial charge in [-0.15, -0.1) is 13.8 Å². The van der Waals surface area contributed by atoms with Crippen LogP contribution in [0.25, 0.3) is 0 Å². The van der Waals surface area contributed by atoms with Crippen molar-refractivity contribution in [2.45, 2.75) is 13.8 Å². The molecule has 0 unspecified atom stereocenters. The second-order valence-electron chi connectivity index (χ2n) is 1.14. The van der Waals surface area contributed by atoms with Gasteiger partial charge in [0.05, 0.1) is 0 Å². The van der Waals surface area contributed by atoms with Crippen molar-refractivity contribution >= 4 is 0 Å². The van der Waals surface area contributed by atoms with Gasteiger partial charge in [-0.3, -0.25) is 0 Å². The molecule has 51 valence electrons. The maximum atomic E-state index is 3.42. The normalized spacial score (nSPS) is 8.22. The first-order valence-electron chi connectivity index (χ1n) is 2.64. The van der Waals surface area contributed by atoms with Crippen LogP contribution in [0.5, 0.6) is 0 Å². The van der Waals surface area contributed by atoms with Crippen LogP contribution >= 0.6 is 0 Å². The summed E-state index contributed by atoms with van der Waals surface area (Å²) in [5.74, 6) is 0. The zero-order valence-electron chi connectivity index (χ0n) is 6.17. The molecular weight excluding hydrogens is 147 g/mol. The third-order valence-corrected chi connectivity index (χ3v) is 0.471. The van der Waals surface area contributed by atoms with E-state index < -0.39 is 0 Å². The second-order valence-corrected chi connectivity index (χ2v) is 1.14. The summed E-state index contributed by atoms with van der Waals surface area (Å²) in [4.78, 5) is 0. The number of allylic oxidation sites excluding steroid dienone is 4. The van der Waals surface area contributed by atoms with Crippen molar-refractivity contribution in [3.8, 4) is 0 Å². The molecule has 0 aromatic heterocycles. The predicted octanol–water partition coefficient (Wildman–Crippen LogP) is 2.79. The molecule has 0 amide bonds. The van der Waals surface area contributed by atoms with Crippen LogP contribution < -0.4 is 0 Å². The Morgan fingerprint density at radius 1 is 0.889 bits per heavy atom. The van der Waals surface area contributed by atoms with Crippen molar-refractivity contribution in [3.63, 3.8) is 0 Å². The fourth-order valence-electron chi connectivity index (χ4n) is 0. The van der Waals surface area contributed by atoms with E-state index in [0.29, 0.717) is 0 Å². The van der Waals surface area contributed by atoms with Crippen molar-refractivity contribution in [1.82, 2.24) is 0 Å². The molecule has 0 aromatic rings. The number of rotatable bonds is 0. The smallest absolute Gasteiger partial charge is 0.245 e. The summed E-state index contributed by atoms with van der Waals surface area (Å²) >= 11 is 0. The van der Waals surface area contributed by atoms with Gasteiger partial charge in [-0.25, -0.2) is 38.2 Å². The van der Waals surface area contributed by atoms with E-state index in [-0.39, 0.29) is 18.6 Å². The van der Waals surface area contributed by atoms with Crippen LogP contribution in [0.15, 0.2) is 24.3 Å². The summed E-state index contributed by atoms with van der Waals surface area (Å²) in [7, 11) is 0. The first-order chi connectivity index (χ1) is 3.83. The van der Waals surface area contributed by atoms with Gasteiger partial charge in [-0.1, -0.05) is 0 Å².